The molecule has 5 heteroatoms. The van der Waals surface area contributed by atoms with Gasteiger partial charge in [0.05, 0.1) is 12.2 Å². The van der Waals surface area contributed by atoms with Gasteiger partial charge < -0.3 is 10.0 Å². The SMILES string of the molecule is CC(C)N(C)c1ncnc(Cl)c1CO. The smallest absolute Gasteiger partial charge is 0.140 e. The van der Waals surface area contributed by atoms with Crippen molar-refractivity contribution in [2.45, 2.75) is 26.5 Å². The molecule has 0 bridgehead atoms. The van der Waals surface area contributed by atoms with E-state index >= 15 is 0 Å². The minimum absolute atomic E-state index is 0.147. The van der Waals surface area contributed by atoms with Crippen molar-refractivity contribution in [2.75, 3.05) is 11.9 Å². The molecule has 0 saturated carbocycles. The van der Waals surface area contributed by atoms with Crippen molar-refractivity contribution in [3.8, 4) is 0 Å². The summed E-state index contributed by atoms with van der Waals surface area (Å²) in [6, 6.07) is 0.297. The Morgan fingerprint density at radius 2 is 2.14 bits per heavy atom. The molecular weight excluding hydrogens is 202 g/mol. The van der Waals surface area contributed by atoms with Crippen LogP contribution >= 0.6 is 11.6 Å². The number of aromatic nitrogens is 2. The van der Waals surface area contributed by atoms with E-state index in [1.165, 1.54) is 6.33 Å². The zero-order chi connectivity index (χ0) is 10.7. The molecule has 0 unspecified atom stereocenters. The molecule has 1 N–H and O–H groups in total. The van der Waals surface area contributed by atoms with Crippen LogP contribution in [-0.4, -0.2) is 28.2 Å². The van der Waals surface area contributed by atoms with E-state index in [2.05, 4.69) is 9.97 Å². The molecule has 14 heavy (non-hydrogen) atoms. The van der Waals surface area contributed by atoms with E-state index in [0.29, 0.717) is 22.6 Å². The first-order chi connectivity index (χ1) is 6.57. The van der Waals surface area contributed by atoms with Gasteiger partial charge in [-0.2, -0.15) is 0 Å². The van der Waals surface area contributed by atoms with Gasteiger partial charge in [-0.15, -0.1) is 0 Å². The molecule has 1 aromatic rings. The number of halogens is 1. The first-order valence-electron chi connectivity index (χ1n) is 4.41. The zero-order valence-electron chi connectivity index (χ0n) is 8.53. The Balaban J connectivity index is 3.13. The molecule has 1 aromatic heterocycles. The van der Waals surface area contributed by atoms with Crippen LogP contribution in [0.4, 0.5) is 5.82 Å². The number of hydrogen-bond donors (Lipinski definition) is 1. The summed E-state index contributed by atoms with van der Waals surface area (Å²) in [6.45, 7) is 3.93. The van der Waals surface area contributed by atoms with Crippen LogP contribution in [0.2, 0.25) is 5.15 Å². The third kappa shape index (κ3) is 2.13. The van der Waals surface area contributed by atoms with Crippen molar-refractivity contribution < 1.29 is 5.11 Å². The van der Waals surface area contributed by atoms with E-state index < -0.39 is 0 Å². The van der Waals surface area contributed by atoms with Crippen LogP contribution in [0, 0.1) is 0 Å². The largest absolute Gasteiger partial charge is 0.391 e. The summed E-state index contributed by atoms with van der Waals surface area (Å²) in [7, 11) is 1.91. The molecule has 0 amide bonds. The molecule has 1 rings (SSSR count). The third-order valence-electron chi connectivity index (χ3n) is 2.14. The van der Waals surface area contributed by atoms with E-state index in [9.17, 15) is 0 Å². The molecular formula is C9H14ClN3O. The van der Waals surface area contributed by atoms with E-state index in [1.54, 1.807) is 0 Å². The van der Waals surface area contributed by atoms with Crippen molar-refractivity contribution >= 4 is 17.4 Å². The number of hydrogen-bond acceptors (Lipinski definition) is 4. The number of aliphatic hydroxyl groups is 1. The minimum atomic E-state index is -0.147. The molecule has 0 spiro atoms. The second-order valence-electron chi connectivity index (χ2n) is 3.33. The Hall–Kier alpha value is -0.870. The van der Waals surface area contributed by atoms with Gasteiger partial charge in [0.2, 0.25) is 0 Å². The summed E-state index contributed by atoms with van der Waals surface area (Å²) < 4.78 is 0. The predicted molar refractivity (Wildman–Crippen MR) is 56.5 cm³/mol. The summed E-state index contributed by atoms with van der Waals surface area (Å²) >= 11 is 5.84. The molecule has 0 saturated heterocycles. The van der Waals surface area contributed by atoms with Gasteiger partial charge in [-0.05, 0) is 13.8 Å². The number of rotatable bonds is 3. The van der Waals surface area contributed by atoms with Crippen LogP contribution in [-0.2, 0) is 6.61 Å². The third-order valence-corrected chi connectivity index (χ3v) is 2.46. The second kappa shape index (κ2) is 4.57. The van der Waals surface area contributed by atoms with Crippen LogP contribution in [0.1, 0.15) is 19.4 Å². The minimum Gasteiger partial charge on any atom is -0.391 e. The van der Waals surface area contributed by atoms with E-state index in [-0.39, 0.29) is 6.61 Å². The number of anilines is 1. The highest BCUT2D eigenvalue weighted by molar-refractivity contribution is 6.30. The molecule has 1 heterocycles. The van der Waals surface area contributed by atoms with E-state index in [0.717, 1.165) is 0 Å². The molecule has 0 radical (unpaired) electrons. The van der Waals surface area contributed by atoms with Crippen molar-refractivity contribution in [1.82, 2.24) is 9.97 Å². The maximum Gasteiger partial charge on any atom is 0.140 e. The highest BCUT2D eigenvalue weighted by atomic mass is 35.5. The Kier molecular flexibility index (Phi) is 3.66. The van der Waals surface area contributed by atoms with Crippen LogP contribution in [0.25, 0.3) is 0 Å². The summed E-state index contributed by atoms with van der Waals surface area (Å²) in [5, 5.41) is 9.45. The van der Waals surface area contributed by atoms with Gasteiger partial charge in [0.1, 0.15) is 17.3 Å². The van der Waals surface area contributed by atoms with E-state index in [1.807, 2.05) is 25.8 Å². The standard InChI is InChI=1S/C9H14ClN3O/c1-6(2)13(3)9-7(4-14)8(10)11-5-12-9/h5-6,14H,4H2,1-3H3. The van der Waals surface area contributed by atoms with E-state index in [4.69, 9.17) is 16.7 Å². The van der Waals surface area contributed by atoms with Crippen molar-refractivity contribution in [3.05, 3.63) is 17.0 Å². The molecule has 0 aliphatic carbocycles. The predicted octanol–water partition coefficient (Wildman–Crippen LogP) is 1.47. The lowest BCUT2D eigenvalue weighted by Gasteiger charge is -2.24. The summed E-state index contributed by atoms with van der Waals surface area (Å²) in [6.07, 6.45) is 1.40. The molecule has 0 aliphatic rings. The normalized spacial score (nSPS) is 10.7. The first-order valence-corrected chi connectivity index (χ1v) is 4.78. The molecule has 78 valence electrons. The molecule has 0 atom stereocenters. The molecule has 0 fully saturated rings. The highest BCUT2D eigenvalue weighted by Gasteiger charge is 2.14. The Morgan fingerprint density at radius 1 is 1.50 bits per heavy atom. The Labute approximate surface area is 88.6 Å². The van der Waals surface area contributed by atoms with Gasteiger partial charge in [-0.1, -0.05) is 11.6 Å². The first kappa shape index (κ1) is 11.2. The number of aliphatic hydroxyl groups excluding tert-OH is 1. The van der Waals surface area contributed by atoms with Crippen molar-refractivity contribution in [2.24, 2.45) is 0 Å². The fraction of sp³-hybridized carbons (Fsp3) is 0.556. The highest BCUT2D eigenvalue weighted by Crippen LogP contribution is 2.23. The summed E-state index contributed by atoms with van der Waals surface area (Å²) in [5.74, 6) is 0.683. The van der Waals surface area contributed by atoms with Crippen LogP contribution in [0.5, 0.6) is 0 Å². The molecule has 0 aromatic carbocycles. The summed E-state index contributed by atoms with van der Waals surface area (Å²) in [4.78, 5) is 9.87. The fourth-order valence-corrected chi connectivity index (χ4v) is 1.25. The van der Waals surface area contributed by atoms with Gasteiger partial charge in [0.25, 0.3) is 0 Å². The van der Waals surface area contributed by atoms with Crippen LogP contribution < -0.4 is 4.90 Å². The molecule has 0 aliphatic heterocycles. The van der Waals surface area contributed by atoms with Crippen molar-refractivity contribution in [3.63, 3.8) is 0 Å². The van der Waals surface area contributed by atoms with Gasteiger partial charge >= 0.3 is 0 Å². The number of nitrogens with zero attached hydrogens (tertiary/aromatic N) is 3. The monoisotopic (exact) mass is 215 g/mol. The Morgan fingerprint density at radius 3 is 2.64 bits per heavy atom. The lowest BCUT2D eigenvalue weighted by atomic mass is 10.2. The lowest BCUT2D eigenvalue weighted by molar-refractivity contribution is 0.281. The van der Waals surface area contributed by atoms with Gasteiger partial charge in [0.15, 0.2) is 0 Å². The van der Waals surface area contributed by atoms with Gasteiger partial charge in [-0.25, -0.2) is 9.97 Å². The summed E-state index contributed by atoms with van der Waals surface area (Å²) in [5.41, 5.74) is 0.574. The second-order valence-corrected chi connectivity index (χ2v) is 3.69. The quantitative estimate of drug-likeness (QED) is 0.776. The maximum absolute atomic E-state index is 9.14. The Bertz CT molecular complexity index is 317. The topological polar surface area (TPSA) is 49.2 Å². The average molecular weight is 216 g/mol. The van der Waals surface area contributed by atoms with Crippen LogP contribution in [0.3, 0.4) is 0 Å². The lowest BCUT2D eigenvalue weighted by Crippen LogP contribution is -2.28. The zero-order valence-corrected chi connectivity index (χ0v) is 9.28. The molecule has 4 nitrogen and oxygen atoms in total. The van der Waals surface area contributed by atoms with Crippen LogP contribution in [0.15, 0.2) is 6.33 Å². The van der Waals surface area contributed by atoms with Gasteiger partial charge in [0, 0.05) is 13.1 Å². The fourth-order valence-electron chi connectivity index (χ4n) is 1.07. The van der Waals surface area contributed by atoms with Gasteiger partial charge in [-0.3, -0.25) is 0 Å². The van der Waals surface area contributed by atoms with Crippen molar-refractivity contribution in [1.29, 1.82) is 0 Å². The maximum atomic E-state index is 9.14. The average Bonchev–Trinajstić information content (AvgIpc) is 2.16.